The normalized spacial score (nSPS) is 19.4. The fourth-order valence-corrected chi connectivity index (χ4v) is 5.70. The maximum absolute atomic E-state index is 13.0. The van der Waals surface area contributed by atoms with E-state index in [1.165, 1.54) is 13.8 Å². The van der Waals surface area contributed by atoms with Crippen molar-refractivity contribution in [2.75, 3.05) is 0 Å². The van der Waals surface area contributed by atoms with E-state index in [4.69, 9.17) is 0 Å². The maximum Gasteiger partial charge on any atom is 0.416 e. The van der Waals surface area contributed by atoms with Crippen LogP contribution >= 0.6 is 0 Å². The van der Waals surface area contributed by atoms with Gasteiger partial charge in [0.15, 0.2) is 9.84 Å². The molecule has 1 amide bonds. The minimum absolute atomic E-state index is 0.0731. The van der Waals surface area contributed by atoms with Gasteiger partial charge in [-0.2, -0.15) is 26.3 Å². The summed E-state index contributed by atoms with van der Waals surface area (Å²) in [5, 5.41) is 2.71. The lowest BCUT2D eigenvalue weighted by Crippen LogP contribution is -2.47. The van der Waals surface area contributed by atoms with Crippen molar-refractivity contribution in [3.8, 4) is 0 Å². The molecule has 2 aromatic rings. The fraction of sp³-hybridized carbons (Fsp3) is 0.435. The van der Waals surface area contributed by atoms with E-state index in [2.05, 4.69) is 5.32 Å². The molecule has 2 aromatic carbocycles. The molecule has 11 heteroatoms. The summed E-state index contributed by atoms with van der Waals surface area (Å²) < 4.78 is 102. The number of benzene rings is 2. The third kappa shape index (κ3) is 5.56. The van der Waals surface area contributed by atoms with Gasteiger partial charge in [0.2, 0.25) is 0 Å². The molecule has 1 fully saturated rings. The number of nitrogens with one attached hydrogen (secondary N) is 1. The van der Waals surface area contributed by atoms with Crippen LogP contribution in [0.2, 0.25) is 0 Å². The number of carbonyl (C=O) groups is 1. The van der Waals surface area contributed by atoms with Gasteiger partial charge in [0.25, 0.3) is 5.91 Å². The Morgan fingerprint density at radius 2 is 1.47 bits per heavy atom. The third-order valence-corrected chi connectivity index (χ3v) is 8.52. The largest absolute Gasteiger partial charge is 0.416 e. The summed E-state index contributed by atoms with van der Waals surface area (Å²) in [6.45, 7) is 2.91. The van der Waals surface area contributed by atoms with E-state index in [0.717, 1.165) is 42.5 Å². The summed E-state index contributed by atoms with van der Waals surface area (Å²) in [5.74, 6) is -0.624. The molecule has 34 heavy (non-hydrogen) atoms. The van der Waals surface area contributed by atoms with Crippen molar-refractivity contribution >= 4 is 15.7 Å². The summed E-state index contributed by atoms with van der Waals surface area (Å²) >= 11 is 0. The number of amides is 1. The van der Waals surface area contributed by atoms with Crippen LogP contribution in [0.4, 0.5) is 26.3 Å². The van der Waals surface area contributed by atoms with Gasteiger partial charge in [-0.25, -0.2) is 8.42 Å². The van der Waals surface area contributed by atoms with Crippen molar-refractivity contribution in [2.45, 2.75) is 61.1 Å². The van der Waals surface area contributed by atoms with Gasteiger partial charge in [-0.1, -0.05) is 6.07 Å². The number of hydrogen-bond donors (Lipinski definition) is 1. The summed E-state index contributed by atoms with van der Waals surface area (Å²) in [4.78, 5) is 11.9. The van der Waals surface area contributed by atoms with E-state index < -0.39 is 48.9 Å². The highest BCUT2D eigenvalue weighted by molar-refractivity contribution is 7.92. The molecular weight excluding hydrogens is 484 g/mol. The van der Waals surface area contributed by atoms with Gasteiger partial charge in [0.05, 0.1) is 20.8 Å². The Morgan fingerprint density at radius 1 is 0.912 bits per heavy atom. The number of alkyl halides is 6. The van der Waals surface area contributed by atoms with Crippen LogP contribution in [-0.2, 0) is 22.2 Å². The molecule has 0 heterocycles. The van der Waals surface area contributed by atoms with Crippen molar-refractivity contribution in [3.05, 3.63) is 65.2 Å². The van der Waals surface area contributed by atoms with E-state index in [1.54, 1.807) is 0 Å². The quantitative estimate of drug-likeness (QED) is 0.497. The lowest BCUT2D eigenvalue weighted by molar-refractivity contribution is -0.138. The molecule has 0 saturated heterocycles. The van der Waals surface area contributed by atoms with Gasteiger partial charge in [-0.15, -0.1) is 0 Å². The van der Waals surface area contributed by atoms with E-state index in [0.29, 0.717) is 18.9 Å². The van der Waals surface area contributed by atoms with Gasteiger partial charge in [0, 0.05) is 11.6 Å². The lowest BCUT2D eigenvalue weighted by atomic mass is 9.75. The van der Waals surface area contributed by atoms with Gasteiger partial charge in [-0.05, 0) is 81.5 Å². The number of halogens is 6. The number of carbonyl (C=O) groups excluding carboxylic acids is 1. The van der Waals surface area contributed by atoms with Crippen LogP contribution in [0, 0.1) is 5.92 Å². The first-order chi connectivity index (χ1) is 15.5. The fourth-order valence-electron chi connectivity index (χ4n) is 4.06. The molecule has 1 saturated carbocycles. The Hall–Kier alpha value is -2.56. The van der Waals surface area contributed by atoms with Crippen molar-refractivity contribution in [2.24, 2.45) is 5.92 Å². The second-order valence-electron chi connectivity index (χ2n) is 9.08. The Labute approximate surface area is 193 Å². The molecule has 1 N–H and O–H groups in total. The monoisotopic (exact) mass is 507 g/mol. The Bertz CT molecular complexity index is 1150. The van der Waals surface area contributed by atoms with Crippen LogP contribution in [0.25, 0.3) is 0 Å². The second-order valence-corrected chi connectivity index (χ2v) is 11.7. The zero-order valence-electron chi connectivity index (χ0n) is 18.3. The number of rotatable bonds is 6. The number of sulfone groups is 1. The maximum atomic E-state index is 13.0. The van der Waals surface area contributed by atoms with Crippen LogP contribution in [0.1, 0.15) is 54.6 Å². The van der Waals surface area contributed by atoms with Crippen LogP contribution in [0.5, 0.6) is 0 Å². The SMILES string of the molecule is CC(C)(C[C@H]1C[C@@H](NC(=O)c2ccc(C(F)(F)F)cc2)C1)S(=O)(=O)c1cccc(C(F)(F)F)c1. The van der Waals surface area contributed by atoms with Gasteiger partial charge >= 0.3 is 12.4 Å². The molecule has 0 spiro atoms. The smallest absolute Gasteiger partial charge is 0.349 e. The van der Waals surface area contributed by atoms with E-state index in [9.17, 15) is 39.6 Å². The van der Waals surface area contributed by atoms with E-state index in [1.807, 2.05) is 0 Å². The van der Waals surface area contributed by atoms with Gasteiger partial charge in [0.1, 0.15) is 0 Å². The lowest BCUT2D eigenvalue weighted by Gasteiger charge is -2.40. The van der Waals surface area contributed by atoms with Crippen LogP contribution < -0.4 is 5.32 Å². The van der Waals surface area contributed by atoms with Crippen molar-refractivity contribution in [1.82, 2.24) is 5.32 Å². The number of hydrogen-bond acceptors (Lipinski definition) is 3. The molecule has 0 aromatic heterocycles. The topological polar surface area (TPSA) is 63.2 Å². The Balaban J connectivity index is 1.59. The molecule has 0 unspecified atom stereocenters. The average molecular weight is 507 g/mol. The first-order valence-corrected chi connectivity index (χ1v) is 11.9. The average Bonchev–Trinajstić information content (AvgIpc) is 2.70. The summed E-state index contributed by atoms with van der Waals surface area (Å²) in [6.07, 6.45) is -8.08. The Kier molecular flexibility index (Phi) is 6.82. The zero-order chi connectivity index (χ0) is 25.5. The first kappa shape index (κ1) is 26.1. The highest BCUT2D eigenvalue weighted by Gasteiger charge is 2.42. The highest BCUT2D eigenvalue weighted by atomic mass is 32.2. The Morgan fingerprint density at radius 3 is 2.00 bits per heavy atom. The summed E-state index contributed by atoms with van der Waals surface area (Å²) in [5.41, 5.74) is -1.83. The van der Waals surface area contributed by atoms with Crippen LogP contribution in [-0.4, -0.2) is 25.1 Å². The zero-order valence-corrected chi connectivity index (χ0v) is 19.1. The second kappa shape index (κ2) is 8.90. The molecule has 0 radical (unpaired) electrons. The molecule has 186 valence electrons. The molecule has 3 rings (SSSR count). The minimum atomic E-state index is -4.66. The third-order valence-electron chi connectivity index (χ3n) is 6.02. The summed E-state index contributed by atoms with van der Waals surface area (Å²) in [6, 6.07) is 7.17. The predicted molar refractivity (Wildman–Crippen MR) is 113 cm³/mol. The van der Waals surface area contributed by atoms with Crippen molar-refractivity contribution < 1.29 is 39.6 Å². The van der Waals surface area contributed by atoms with E-state index in [-0.39, 0.29) is 23.9 Å². The molecule has 0 bridgehead atoms. The van der Waals surface area contributed by atoms with Crippen LogP contribution in [0.15, 0.2) is 53.4 Å². The molecule has 4 nitrogen and oxygen atoms in total. The van der Waals surface area contributed by atoms with Crippen molar-refractivity contribution in [1.29, 1.82) is 0 Å². The minimum Gasteiger partial charge on any atom is -0.349 e. The molecule has 1 aliphatic rings. The van der Waals surface area contributed by atoms with E-state index >= 15 is 0 Å². The first-order valence-electron chi connectivity index (χ1n) is 10.4. The summed E-state index contributed by atoms with van der Waals surface area (Å²) in [7, 11) is -4.07. The molecule has 0 aliphatic heterocycles. The predicted octanol–water partition coefficient (Wildman–Crippen LogP) is 5.88. The highest BCUT2D eigenvalue weighted by Crippen LogP contribution is 2.40. The van der Waals surface area contributed by atoms with Gasteiger partial charge < -0.3 is 5.32 Å². The molecule has 1 aliphatic carbocycles. The molecule has 0 atom stereocenters. The van der Waals surface area contributed by atoms with Gasteiger partial charge in [-0.3, -0.25) is 4.79 Å². The standard InChI is InChI=1S/C23H23F6NO3S/c1-21(2,34(32,33)19-5-3-4-17(12-19)23(27,28)29)13-14-10-18(11-14)30-20(31)15-6-8-16(9-7-15)22(24,25)26/h3-9,12,14,18H,10-11,13H2,1-2H3,(H,30,31)/t14-,18+. The van der Waals surface area contributed by atoms with Crippen molar-refractivity contribution in [3.63, 3.8) is 0 Å². The van der Waals surface area contributed by atoms with Crippen LogP contribution in [0.3, 0.4) is 0 Å². The molecular formula is C23H23F6NO3S.